The summed E-state index contributed by atoms with van der Waals surface area (Å²) in [4.78, 5) is 11.2. The smallest absolute Gasteiger partial charge is 0.222 e. The molecule has 3 N–H and O–H groups in total. The Morgan fingerprint density at radius 1 is 1.33 bits per heavy atom. The van der Waals surface area contributed by atoms with Gasteiger partial charge in [0.25, 0.3) is 0 Å². The lowest BCUT2D eigenvalue weighted by Gasteiger charge is -2.08. The lowest BCUT2D eigenvalue weighted by molar-refractivity contribution is -0.124. The average Bonchev–Trinajstić information content (AvgIpc) is 2.19. The average molecular weight is 209 g/mol. The zero-order chi connectivity index (χ0) is 11.4. The number of amides is 1. The second-order valence-electron chi connectivity index (χ2n) is 3.70. The molecule has 15 heavy (non-hydrogen) atoms. The standard InChI is InChI=1S/C11H15NO3/c1-7(2)11(15)12-6-8-3-4-9(13)10(14)5-8/h3-5,7,13-14H,6H2,1-2H3,(H,12,15). The van der Waals surface area contributed by atoms with Crippen LogP contribution >= 0.6 is 0 Å². The number of carbonyl (C=O) groups is 1. The van der Waals surface area contributed by atoms with E-state index < -0.39 is 0 Å². The predicted octanol–water partition coefficient (Wildman–Crippen LogP) is 1.37. The van der Waals surface area contributed by atoms with Crippen LogP contribution in [0.2, 0.25) is 0 Å². The summed E-state index contributed by atoms with van der Waals surface area (Å²) in [7, 11) is 0. The van der Waals surface area contributed by atoms with Crippen LogP contribution in [-0.2, 0) is 11.3 Å². The van der Waals surface area contributed by atoms with E-state index in [9.17, 15) is 9.90 Å². The quantitative estimate of drug-likeness (QED) is 0.658. The Morgan fingerprint density at radius 2 is 2.00 bits per heavy atom. The fourth-order valence-corrected chi connectivity index (χ4v) is 1.07. The first-order chi connectivity index (χ1) is 7.00. The number of nitrogens with one attached hydrogen (secondary N) is 1. The minimum absolute atomic E-state index is 0.0393. The second kappa shape index (κ2) is 4.68. The van der Waals surface area contributed by atoms with Gasteiger partial charge in [-0.2, -0.15) is 0 Å². The largest absolute Gasteiger partial charge is 0.504 e. The monoisotopic (exact) mass is 209 g/mol. The van der Waals surface area contributed by atoms with Crippen LogP contribution in [0, 0.1) is 5.92 Å². The molecule has 1 rings (SSSR count). The van der Waals surface area contributed by atoms with Crippen molar-refractivity contribution in [2.45, 2.75) is 20.4 Å². The number of hydrogen-bond donors (Lipinski definition) is 3. The van der Waals surface area contributed by atoms with Crippen molar-refractivity contribution in [3.63, 3.8) is 0 Å². The highest BCUT2D eigenvalue weighted by atomic mass is 16.3. The Morgan fingerprint density at radius 3 is 2.53 bits per heavy atom. The van der Waals surface area contributed by atoms with E-state index in [-0.39, 0.29) is 23.3 Å². The van der Waals surface area contributed by atoms with Crippen LogP contribution in [0.1, 0.15) is 19.4 Å². The normalized spacial score (nSPS) is 10.3. The molecule has 0 aliphatic heterocycles. The highest BCUT2D eigenvalue weighted by molar-refractivity contribution is 5.77. The van der Waals surface area contributed by atoms with E-state index in [4.69, 9.17) is 5.11 Å². The van der Waals surface area contributed by atoms with E-state index >= 15 is 0 Å². The Balaban J connectivity index is 2.58. The maximum atomic E-state index is 11.2. The minimum Gasteiger partial charge on any atom is -0.504 e. The number of rotatable bonds is 3. The predicted molar refractivity (Wildman–Crippen MR) is 56.5 cm³/mol. The molecular formula is C11H15NO3. The van der Waals surface area contributed by atoms with Gasteiger partial charge >= 0.3 is 0 Å². The summed E-state index contributed by atoms with van der Waals surface area (Å²) in [6.07, 6.45) is 0. The van der Waals surface area contributed by atoms with E-state index in [0.717, 1.165) is 5.56 Å². The van der Waals surface area contributed by atoms with Gasteiger partial charge < -0.3 is 15.5 Å². The van der Waals surface area contributed by atoms with Crippen LogP contribution in [0.3, 0.4) is 0 Å². The van der Waals surface area contributed by atoms with Gasteiger partial charge in [0.1, 0.15) is 0 Å². The number of phenols is 2. The van der Waals surface area contributed by atoms with Crippen molar-refractivity contribution >= 4 is 5.91 Å². The molecule has 82 valence electrons. The lowest BCUT2D eigenvalue weighted by atomic mass is 10.1. The zero-order valence-electron chi connectivity index (χ0n) is 8.82. The van der Waals surface area contributed by atoms with E-state index in [2.05, 4.69) is 5.32 Å². The van der Waals surface area contributed by atoms with E-state index in [1.807, 2.05) is 13.8 Å². The van der Waals surface area contributed by atoms with E-state index in [1.165, 1.54) is 12.1 Å². The Labute approximate surface area is 88.6 Å². The molecule has 0 aromatic heterocycles. The Hall–Kier alpha value is -1.71. The molecule has 0 bridgehead atoms. The zero-order valence-corrected chi connectivity index (χ0v) is 8.82. The molecule has 0 saturated heterocycles. The Kier molecular flexibility index (Phi) is 3.55. The summed E-state index contributed by atoms with van der Waals surface area (Å²) < 4.78 is 0. The van der Waals surface area contributed by atoms with E-state index in [1.54, 1.807) is 6.07 Å². The molecular weight excluding hydrogens is 194 g/mol. The first kappa shape index (κ1) is 11.4. The number of aromatic hydroxyl groups is 2. The molecule has 4 nitrogen and oxygen atoms in total. The van der Waals surface area contributed by atoms with Crippen LogP contribution in [0.15, 0.2) is 18.2 Å². The number of phenolic OH excluding ortho intramolecular Hbond substituents is 2. The number of carbonyl (C=O) groups excluding carboxylic acids is 1. The van der Waals surface area contributed by atoms with E-state index in [0.29, 0.717) is 6.54 Å². The summed E-state index contributed by atoms with van der Waals surface area (Å²) in [5, 5.41) is 21.0. The summed E-state index contributed by atoms with van der Waals surface area (Å²) in [5.41, 5.74) is 0.749. The molecule has 0 atom stereocenters. The van der Waals surface area contributed by atoms with Gasteiger partial charge in [0.05, 0.1) is 0 Å². The third kappa shape index (κ3) is 3.16. The highest BCUT2D eigenvalue weighted by Gasteiger charge is 2.06. The van der Waals surface area contributed by atoms with Crippen molar-refractivity contribution in [3.8, 4) is 11.5 Å². The van der Waals surface area contributed by atoms with Crippen molar-refractivity contribution in [2.75, 3.05) is 0 Å². The first-order valence-corrected chi connectivity index (χ1v) is 4.79. The Bertz CT molecular complexity index is 361. The maximum absolute atomic E-state index is 11.2. The molecule has 4 heteroatoms. The maximum Gasteiger partial charge on any atom is 0.222 e. The molecule has 0 aliphatic carbocycles. The van der Waals surface area contributed by atoms with Gasteiger partial charge in [0.2, 0.25) is 5.91 Å². The lowest BCUT2D eigenvalue weighted by Crippen LogP contribution is -2.26. The SMILES string of the molecule is CC(C)C(=O)NCc1ccc(O)c(O)c1. The van der Waals surface area contributed by atoms with Crippen LogP contribution in [-0.4, -0.2) is 16.1 Å². The van der Waals surface area contributed by atoms with Gasteiger partial charge in [0.15, 0.2) is 11.5 Å². The summed E-state index contributed by atoms with van der Waals surface area (Å²) in [5.74, 6) is -0.432. The van der Waals surface area contributed by atoms with Gasteiger partial charge in [-0.05, 0) is 17.7 Å². The second-order valence-corrected chi connectivity index (χ2v) is 3.70. The van der Waals surface area contributed by atoms with Crippen molar-refractivity contribution in [1.82, 2.24) is 5.32 Å². The van der Waals surface area contributed by atoms with Crippen molar-refractivity contribution < 1.29 is 15.0 Å². The molecule has 0 unspecified atom stereocenters. The molecule has 1 aromatic rings. The molecule has 1 aromatic carbocycles. The topological polar surface area (TPSA) is 69.6 Å². The highest BCUT2D eigenvalue weighted by Crippen LogP contribution is 2.24. The van der Waals surface area contributed by atoms with Gasteiger partial charge in [-0.1, -0.05) is 19.9 Å². The van der Waals surface area contributed by atoms with Gasteiger partial charge in [-0.3, -0.25) is 4.79 Å². The van der Waals surface area contributed by atoms with Crippen molar-refractivity contribution in [3.05, 3.63) is 23.8 Å². The van der Waals surface area contributed by atoms with Crippen molar-refractivity contribution in [1.29, 1.82) is 0 Å². The van der Waals surface area contributed by atoms with Gasteiger partial charge in [-0.15, -0.1) is 0 Å². The first-order valence-electron chi connectivity index (χ1n) is 4.79. The number of benzene rings is 1. The minimum atomic E-state index is -0.175. The van der Waals surface area contributed by atoms with Crippen LogP contribution in [0.5, 0.6) is 11.5 Å². The van der Waals surface area contributed by atoms with Crippen LogP contribution in [0.4, 0.5) is 0 Å². The summed E-state index contributed by atoms with van der Waals surface area (Å²) in [6, 6.07) is 4.47. The molecule has 0 saturated carbocycles. The summed E-state index contributed by atoms with van der Waals surface area (Å²) in [6.45, 7) is 3.97. The third-order valence-electron chi connectivity index (χ3n) is 2.03. The molecule has 1 amide bonds. The third-order valence-corrected chi connectivity index (χ3v) is 2.03. The molecule has 0 radical (unpaired) electrons. The molecule has 0 heterocycles. The molecule has 0 fully saturated rings. The molecule has 0 aliphatic rings. The van der Waals surface area contributed by atoms with Gasteiger partial charge in [-0.25, -0.2) is 0 Å². The van der Waals surface area contributed by atoms with Crippen LogP contribution < -0.4 is 5.32 Å². The van der Waals surface area contributed by atoms with Crippen molar-refractivity contribution in [2.24, 2.45) is 5.92 Å². The molecule has 0 spiro atoms. The fourth-order valence-electron chi connectivity index (χ4n) is 1.07. The summed E-state index contributed by atoms with van der Waals surface area (Å²) >= 11 is 0. The van der Waals surface area contributed by atoms with Gasteiger partial charge in [0, 0.05) is 12.5 Å². The fraction of sp³-hybridized carbons (Fsp3) is 0.364. The van der Waals surface area contributed by atoms with Crippen LogP contribution in [0.25, 0.3) is 0 Å². The number of hydrogen-bond acceptors (Lipinski definition) is 3.